The molecular weight excluding hydrogens is 252 g/mol. The first kappa shape index (κ1) is 15.2. The van der Waals surface area contributed by atoms with Crippen molar-refractivity contribution in [1.29, 1.82) is 0 Å². The van der Waals surface area contributed by atoms with Crippen LogP contribution in [0.4, 0.5) is 0 Å². The average molecular weight is 273 g/mol. The van der Waals surface area contributed by atoms with Crippen LogP contribution >= 0.6 is 0 Å². The highest BCUT2D eigenvalue weighted by atomic mass is 16.2. The van der Waals surface area contributed by atoms with Gasteiger partial charge in [0, 0.05) is 19.0 Å². The highest BCUT2D eigenvalue weighted by molar-refractivity contribution is 6.63. The zero-order valence-electron chi connectivity index (χ0n) is 12.1. The molecule has 0 spiro atoms. The Balaban J connectivity index is 2.02. The zero-order chi connectivity index (χ0) is 14.5. The van der Waals surface area contributed by atoms with Crippen LogP contribution in [0.5, 0.6) is 0 Å². The molecule has 20 heavy (non-hydrogen) atoms. The average Bonchev–Trinajstić information content (AvgIpc) is 2.42. The maximum Gasteiger partial charge on any atom is 0.367 e. The number of aliphatic imine (C=N–C) groups is 1. The fraction of sp³-hybridized carbons (Fsp3) is 0.538. The monoisotopic (exact) mass is 273 g/mol. The first-order valence-corrected chi connectivity index (χ1v) is 7.17. The molecule has 0 aliphatic heterocycles. The number of aromatic nitrogens is 1. The van der Waals surface area contributed by atoms with E-state index < -0.39 is 14.1 Å². The van der Waals surface area contributed by atoms with Gasteiger partial charge in [0.05, 0.1) is 11.7 Å². The van der Waals surface area contributed by atoms with E-state index >= 15 is 0 Å². The molecule has 0 bridgehead atoms. The number of aryl methyl sites for hydroxylation is 1. The molecule has 2 rings (SSSR count). The molecular formula is C13H21B2N3O2. The molecule has 1 aliphatic rings. The number of hydrogen-bond donors (Lipinski definition) is 2. The van der Waals surface area contributed by atoms with Gasteiger partial charge in [-0.15, -0.1) is 0 Å². The van der Waals surface area contributed by atoms with Gasteiger partial charge in [0.15, 0.2) is 0 Å². The van der Waals surface area contributed by atoms with E-state index in [0.29, 0.717) is 6.54 Å². The Morgan fingerprint density at radius 2 is 2.20 bits per heavy atom. The lowest BCUT2D eigenvalue weighted by Gasteiger charge is -2.23. The third kappa shape index (κ3) is 3.68. The van der Waals surface area contributed by atoms with Gasteiger partial charge in [0.2, 0.25) is 0 Å². The van der Waals surface area contributed by atoms with E-state index in [1.54, 1.807) is 24.6 Å². The van der Waals surface area contributed by atoms with E-state index in [9.17, 15) is 10.0 Å². The lowest BCUT2D eigenvalue weighted by Crippen LogP contribution is -2.47. The smallest absolute Gasteiger partial charge is 0.367 e. The van der Waals surface area contributed by atoms with Crippen LogP contribution in [0, 0.1) is 0 Å². The summed E-state index contributed by atoms with van der Waals surface area (Å²) in [5.74, 6) is 0. The molecule has 1 aromatic rings. The van der Waals surface area contributed by atoms with Crippen molar-refractivity contribution < 1.29 is 10.0 Å². The van der Waals surface area contributed by atoms with Gasteiger partial charge in [-0.1, -0.05) is 6.07 Å². The fourth-order valence-corrected chi connectivity index (χ4v) is 2.62. The van der Waals surface area contributed by atoms with E-state index in [-0.39, 0.29) is 6.04 Å². The summed E-state index contributed by atoms with van der Waals surface area (Å²) >= 11 is 0. The molecule has 1 atom stereocenters. The van der Waals surface area contributed by atoms with Crippen molar-refractivity contribution in [3.8, 4) is 0 Å². The van der Waals surface area contributed by atoms with Crippen molar-refractivity contribution in [3.63, 3.8) is 0 Å². The van der Waals surface area contributed by atoms with Crippen LogP contribution in [0.25, 0.3) is 0 Å². The molecule has 5 nitrogen and oxygen atoms in total. The number of pyridine rings is 1. The van der Waals surface area contributed by atoms with Crippen molar-refractivity contribution in [2.45, 2.75) is 39.0 Å². The number of hydrogen-bond acceptors (Lipinski definition) is 5. The van der Waals surface area contributed by atoms with Gasteiger partial charge >= 0.3 is 14.1 Å². The second-order valence-electron chi connectivity index (χ2n) is 5.25. The molecule has 106 valence electrons. The Morgan fingerprint density at radius 1 is 1.45 bits per heavy atom. The molecule has 2 N–H and O–H groups in total. The Labute approximate surface area is 121 Å². The van der Waals surface area contributed by atoms with Crippen LogP contribution < -0.4 is 0 Å². The van der Waals surface area contributed by atoms with Crippen LogP contribution in [0.1, 0.15) is 30.1 Å². The van der Waals surface area contributed by atoms with E-state index in [2.05, 4.69) is 16.0 Å². The highest BCUT2D eigenvalue weighted by Gasteiger charge is 2.23. The summed E-state index contributed by atoms with van der Waals surface area (Å²) in [5, 5.41) is 19.1. The summed E-state index contributed by atoms with van der Waals surface area (Å²) in [6.45, 7) is 3.70. The highest BCUT2D eigenvalue weighted by Crippen LogP contribution is 2.30. The SMILES string of the molecule is CB(O)N(C/C=N\C1CCCc2cccnc21)B(C)O. The van der Waals surface area contributed by atoms with Crippen LogP contribution in [0.3, 0.4) is 0 Å². The quantitative estimate of drug-likeness (QED) is 0.621. The maximum atomic E-state index is 9.57. The van der Waals surface area contributed by atoms with E-state index in [4.69, 9.17) is 0 Å². The Hall–Kier alpha value is -1.17. The van der Waals surface area contributed by atoms with Crippen LogP contribution in [-0.4, -0.2) is 46.6 Å². The number of fused-ring (bicyclic) bond motifs is 1. The standard InChI is InChI=1S/C13H21B2N3O2/c1-14(19)18(15(2)20)10-9-16-12-7-3-5-11-6-4-8-17-13(11)12/h4,6,8-9,12,19-20H,3,5,7,10H2,1-2H3/b16-9-. The third-order valence-electron chi connectivity index (χ3n) is 3.70. The Kier molecular flexibility index (Phi) is 5.34. The van der Waals surface area contributed by atoms with Crippen molar-refractivity contribution in [2.24, 2.45) is 4.99 Å². The molecule has 1 aromatic heterocycles. The second kappa shape index (κ2) is 7.02. The molecule has 0 fully saturated rings. The van der Waals surface area contributed by atoms with Gasteiger partial charge in [0.25, 0.3) is 0 Å². The lowest BCUT2D eigenvalue weighted by atomic mass is 9.69. The van der Waals surface area contributed by atoms with Gasteiger partial charge in [0.1, 0.15) is 0 Å². The maximum absolute atomic E-state index is 9.57. The molecule has 0 radical (unpaired) electrons. The molecule has 1 aliphatic carbocycles. The summed E-state index contributed by atoms with van der Waals surface area (Å²) < 4.78 is 1.56. The van der Waals surface area contributed by atoms with Gasteiger partial charge in [-0.25, -0.2) is 0 Å². The van der Waals surface area contributed by atoms with E-state index in [1.807, 2.05) is 12.3 Å². The number of rotatable bonds is 5. The summed E-state index contributed by atoms with van der Waals surface area (Å²) in [7, 11) is -1.39. The normalized spacial score (nSPS) is 18.4. The summed E-state index contributed by atoms with van der Waals surface area (Å²) in [6.07, 6.45) is 6.78. The largest absolute Gasteiger partial charge is 0.438 e. The molecule has 1 heterocycles. The first-order chi connectivity index (χ1) is 9.59. The molecule has 0 amide bonds. The minimum Gasteiger partial charge on any atom is -0.438 e. The summed E-state index contributed by atoms with van der Waals surface area (Å²) in [6, 6.07) is 4.18. The fourth-order valence-electron chi connectivity index (χ4n) is 2.62. The lowest BCUT2D eigenvalue weighted by molar-refractivity contribution is 0.448. The third-order valence-corrected chi connectivity index (χ3v) is 3.70. The number of nitrogens with zero attached hydrogens (tertiary/aromatic N) is 3. The van der Waals surface area contributed by atoms with E-state index in [1.165, 1.54) is 5.56 Å². The van der Waals surface area contributed by atoms with Gasteiger partial charge in [-0.3, -0.25) is 9.98 Å². The predicted octanol–water partition coefficient (Wildman–Crippen LogP) is 1.05. The van der Waals surface area contributed by atoms with E-state index in [0.717, 1.165) is 25.0 Å². The summed E-state index contributed by atoms with van der Waals surface area (Å²) in [4.78, 5) is 9.02. The van der Waals surface area contributed by atoms with Crippen molar-refractivity contribution in [2.75, 3.05) is 6.54 Å². The van der Waals surface area contributed by atoms with Crippen molar-refractivity contribution in [3.05, 3.63) is 29.6 Å². The first-order valence-electron chi connectivity index (χ1n) is 7.17. The van der Waals surface area contributed by atoms with Crippen LogP contribution in [-0.2, 0) is 6.42 Å². The molecule has 0 saturated carbocycles. The molecule has 0 aromatic carbocycles. The van der Waals surface area contributed by atoms with Crippen molar-refractivity contribution >= 4 is 20.3 Å². The Bertz CT molecular complexity index is 461. The van der Waals surface area contributed by atoms with Crippen LogP contribution in [0.15, 0.2) is 23.3 Å². The van der Waals surface area contributed by atoms with Crippen molar-refractivity contribution in [1.82, 2.24) is 9.71 Å². The van der Waals surface area contributed by atoms with Crippen LogP contribution in [0.2, 0.25) is 13.6 Å². The summed E-state index contributed by atoms with van der Waals surface area (Å²) in [5.41, 5.74) is 2.35. The predicted molar refractivity (Wildman–Crippen MR) is 82.8 cm³/mol. The molecule has 1 unspecified atom stereocenters. The molecule has 7 heteroatoms. The molecule has 0 saturated heterocycles. The van der Waals surface area contributed by atoms with Gasteiger partial charge in [-0.05, 0) is 44.5 Å². The zero-order valence-corrected chi connectivity index (χ0v) is 12.1. The minimum atomic E-state index is -0.696. The minimum absolute atomic E-state index is 0.102. The second-order valence-corrected chi connectivity index (χ2v) is 5.25. The Morgan fingerprint density at radius 3 is 2.90 bits per heavy atom. The van der Waals surface area contributed by atoms with Gasteiger partial charge in [-0.2, -0.15) is 0 Å². The van der Waals surface area contributed by atoms with Gasteiger partial charge < -0.3 is 14.8 Å². The topological polar surface area (TPSA) is 69.0 Å².